The number of hydrogen-bond donors (Lipinski definition) is 2. The first-order valence-corrected chi connectivity index (χ1v) is 5.60. The van der Waals surface area contributed by atoms with Crippen molar-refractivity contribution in [2.24, 2.45) is 0 Å². The first-order chi connectivity index (χ1) is 8.13. The average Bonchev–Trinajstić information content (AvgIpc) is 2.70. The number of non-ortho nitro benzene ring substituents is 1. The van der Waals surface area contributed by atoms with Crippen LogP contribution in [0.25, 0.3) is 0 Å². The number of nitro benzene ring substituents is 1. The molecule has 1 aliphatic rings. The van der Waals surface area contributed by atoms with Gasteiger partial charge in [-0.05, 0) is 36.8 Å². The number of nitrogens with one attached hydrogen (secondary N) is 2. The molecule has 1 aromatic rings. The average molecular weight is 252 g/mol. The lowest BCUT2D eigenvalue weighted by Crippen LogP contribution is -2.29. The van der Waals surface area contributed by atoms with Crippen molar-refractivity contribution in [3.63, 3.8) is 0 Å². The summed E-state index contributed by atoms with van der Waals surface area (Å²) in [7, 11) is 0. The summed E-state index contributed by atoms with van der Waals surface area (Å²) in [5, 5.41) is 11.2. The molecule has 1 heterocycles. The maximum absolute atomic E-state index is 10.6. The first-order valence-electron chi connectivity index (χ1n) is 5.20. The van der Waals surface area contributed by atoms with Gasteiger partial charge >= 0.3 is 0 Å². The molecule has 0 amide bonds. The summed E-state index contributed by atoms with van der Waals surface area (Å²) in [6.07, 6.45) is -0.0756. The third-order valence-electron chi connectivity index (χ3n) is 2.65. The third-order valence-corrected chi connectivity index (χ3v) is 2.99. The summed E-state index contributed by atoms with van der Waals surface area (Å²) in [5.74, 6) is 0. The zero-order valence-electron chi connectivity index (χ0n) is 9.21. The number of hydrogen-bond acceptors (Lipinski definition) is 4. The van der Waals surface area contributed by atoms with Crippen LogP contribution >= 0.6 is 12.2 Å². The fourth-order valence-electron chi connectivity index (χ4n) is 1.76. The molecule has 0 bridgehead atoms. The normalized spacial score (nSPS) is 19.2. The predicted molar refractivity (Wildman–Crippen MR) is 67.1 cm³/mol. The minimum Gasteiger partial charge on any atom is -0.327 e. The monoisotopic (exact) mass is 252 g/mol. The number of thiocarbonyl (C=S) groups is 1. The number of nitrogens with zero attached hydrogens (tertiary/aromatic N) is 2. The van der Waals surface area contributed by atoms with Gasteiger partial charge < -0.3 is 4.90 Å². The van der Waals surface area contributed by atoms with Crippen LogP contribution in [0.4, 0.5) is 5.69 Å². The largest absolute Gasteiger partial charge is 0.327 e. The van der Waals surface area contributed by atoms with Gasteiger partial charge in [0.15, 0.2) is 5.11 Å². The molecule has 0 spiro atoms. The molecular weight excluding hydrogens is 240 g/mol. The van der Waals surface area contributed by atoms with Crippen LogP contribution in [0.1, 0.15) is 18.7 Å². The quantitative estimate of drug-likeness (QED) is 0.480. The van der Waals surface area contributed by atoms with Crippen molar-refractivity contribution < 1.29 is 4.92 Å². The van der Waals surface area contributed by atoms with Gasteiger partial charge in [-0.3, -0.25) is 15.5 Å². The molecule has 7 heteroatoms. The first kappa shape index (κ1) is 11.7. The highest BCUT2D eigenvalue weighted by Gasteiger charge is 2.27. The molecule has 1 aromatic carbocycles. The Kier molecular flexibility index (Phi) is 3.21. The van der Waals surface area contributed by atoms with E-state index in [9.17, 15) is 10.1 Å². The van der Waals surface area contributed by atoms with Crippen LogP contribution in [0.3, 0.4) is 0 Å². The Morgan fingerprint density at radius 3 is 2.65 bits per heavy atom. The zero-order valence-corrected chi connectivity index (χ0v) is 10.0. The standard InChI is InChI=1S/C10H12N4O2S/c1-2-13-9(11-12-10(13)17)7-3-5-8(6-4-7)14(15)16/h3-6,9,11H,2H2,1H3,(H,12,17). The van der Waals surface area contributed by atoms with Crippen LogP contribution in [-0.4, -0.2) is 21.5 Å². The number of rotatable bonds is 3. The molecule has 1 atom stereocenters. The highest BCUT2D eigenvalue weighted by Crippen LogP contribution is 2.23. The van der Waals surface area contributed by atoms with Gasteiger partial charge in [-0.15, -0.1) is 0 Å². The van der Waals surface area contributed by atoms with Crippen LogP contribution in [0.15, 0.2) is 24.3 Å². The molecule has 0 aliphatic carbocycles. The third kappa shape index (κ3) is 2.20. The fourth-order valence-corrected chi connectivity index (χ4v) is 2.06. The lowest BCUT2D eigenvalue weighted by atomic mass is 10.1. The van der Waals surface area contributed by atoms with Crippen LogP contribution in [0.5, 0.6) is 0 Å². The van der Waals surface area contributed by atoms with Gasteiger partial charge in [0.25, 0.3) is 5.69 Å². The summed E-state index contributed by atoms with van der Waals surface area (Å²) in [4.78, 5) is 12.1. The van der Waals surface area contributed by atoms with Crippen molar-refractivity contribution >= 4 is 23.0 Å². The van der Waals surface area contributed by atoms with E-state index in [4.69, 9.17) is 12.2 Å². The van der Waals surface area contributed by atoms with Gasteiger partial charge in [0.2, 0.25) is 0 Å². The van der Waals surface area contributed by atoms with E-state index in [0.29, 0.717) is 5.11 Å². The fraction of sp³-hybridized carbons (Fsp3) is 0.300. The number of hydrazine groups is 1. The lowest BCUT2D eigenvalue weighted by molar-refractivity contribution is -0.384. The molecule has 2 N–H and O–H groups in total. The van der Waals surface area contributed by atoms with Crippen molar-refractivity contribution in [2.45, 2.75) is 13.1 Å². The number of benzene rings is 1. The highest BCUT2D eigenvalue weighted by atomic mass is 32.1. The maximum Gasteiger partial charge on any atom is 0.269 e. The van der Waals surface area contributed by atoms with Gasteiger partial charge in [0, 0.05) is 18.7 Å². The molecule has 1 fully saturated rings. The van der Waals surface area contributed by atoms with E-state index in [0.717, 1.165) is 12.1 Å². The van der Waals surface area contributed by atoms with E-state index in [-0.39, 0.29) is 11.9 Å². The minimum absolute atomic E-state index is 0.0756. The second-order valence-electron chi connectivity index (χ2n) is 3.61. The van der Waals surface area contributed by atoms with Crippen molar-refractivity contribution in [2.75, 3.05) is 6.54 Å². The van der Waals surface area contributed by atoms with Gasteiger partial charge in [-0.2, -0.15) is 0 Å². The summed E-state index contributed by atoms with van der Waals surface area (Å²) < 4.78 is 0. The Morgan fingerprint density at radius 2 is 2.12 bits per heavy atom. The second-order valence-corrected chi connectivity index (χ2v) is 4.00. The Labute approximate surface area is 104 Å². The van der Waals surface area contributed by atoms with E-state index in [1.54, 1.807) is 12.1 Å². The molecule has 17 heavy (non-hydrogen) atoms. The van der Waals surface area contributed by atoms with Crippen LogP contribution in [-0.2, 0) is 0 Å². The molecule has 0 radical (unpaired) electrons. The molecule has 1 aliphatic heterocycles. The Morgan fingerprint density at radius 1 is 1.47 bits per heavy atom. The van der Waals surface area contributed by atoms with Gasteiger partial charge in [0.05, 0.1) is 4.92 Å². The maximum atomic E-state index is 10.6. The summed E-state index contributed by atoms with van der Waals surface area (Å²) in [5.41, 5.74) is 6.94. The molecule has 2 rings (SSSR count). The van der Waals surface area contributed by atoms with Crippen LogP contribution < -0.4 is 10.9 Å². The van der Waals surface area contributed by atoms with E-state index < -0.39 is 4.92 Å². The molecule has 6 nitrogen and oxygen atoms in total. The van der Waals surface area contributed by atoms with Crippen molar-refractivity contribution in [3.05, 3.63) is 39.9 Å². The Bertz CT molecular complexity index is 448. The molecular formula is C10H12N4O2S. The second kappa shape index (κ2) is 4.64. The summed E-state index contributed by atoms with van der Waals surface area (Å²) in [6.45, 7) is 2.76. The van der Waals surface area contributed by atoms with Gasteiger partial charge in [-0.25, -0.2) is 5.43 Å². The van der Waals surface area contributed by atoms with Gasteiger partial charge in [0.1, 0.15) is 6.17 Å². The SMILES string of the molecule is CCN1C(=S)NNC1c1ccc([N+](=O)[O-])cc1. The van der Waals surface area contributed by atoms with E-state index in [1.165, 1.54) is 12.1 Å². The van der Waals surface area contributed by atoms with Gasteiger partial charge in [-0.1, -0.05) is 0 Å². The summed E-state index contributed by atoms with van der Waals surface area (Å²) >= 11 is 5.13. The van der Waals surface area contributed by atoms with Crippen molar-refractivity contribution in [3.8, 4) is 0 Å². The molecule has 0 saturated carbocycles. The predicted octanol–water partition coefficient (Wildman–Crippen LogP) is 1.31. The number of nitro groups is 1. The van der Waals surface area contributed by atoms with E-state index in [1.807, 2.05) is 11.8 Å². The summed E-state index contributed by atoms with van der Waals surface area (Å²) in [6, 6.07) is 6.45. The van der Waals surface area contributed by atoms with E-state index in [2.05, 4.69) is 10.9 Å². The Balaban J connectivity index is 2.23. The molecule has 1 unspecified atom stereocenters. The minimum atomic E-state index is -0.410. The van der Waals surface area contributed by atoms with Crippen LogP contribution in [0.2, 0.25) is 0 Å². The molecule has 90 valence electrons. The van der Waals surface area contributed by atoms with E-state index >= 15 is 0 Å². The lowest BCUT2D eigenvalue weighted by Gasteiger charge is -2.22. The molecule has 1 saturated heterocycles. The van der Waals surface area contributed by atoms with Crippen molar-refractivity contribution in [1.29, 1.82) is 0 Å². The Hall–Kier alpha value is -1.73. The zero-order chi connectivity index (χ0) is 12.4. The highest BCUT2D eigenvalue weighted by molar-refractivity contribution is 7.80. The topological polar surface area (TPSA) is 70.4 Å². The molecule has 0 aromatic heterocycles. The van der Waals surface area contributed by atoms with Crippen LogP contribution in [0, 0.1) is 10.1 Å². The van der Waals surface area contributed by atoms with Crippen molar-refractivity contribution in [1.82, 2.24) is 15.8 Å². The smallest absolute Gasteiger partial charge is 0.269 e.